The second-order valence-electron chi connectivity index (χ2n) is 6.57. The maximum atomic E-state index is 12.3. The molecule has 7 nitrogen and oxygen atoms in total. The van der Waals surface area contributed by atoms with E-state index in [2.05, 4.69) is 10.6 Å². The molecule has 0 heterocycles. The molecule has 0 radical (unpaired) electrons. The average Bonchev–Trinajstić information content (AvgIpc) is 2.74. The summed E-state index contributed by atoms with van der Waals surface area (Å²) in [5, 5.41) is 5.66. The van der Waals surface area contributed by atoms with Gasteiger partial charge in [0.2, 0.25) is 0 Å². The first-order chi connectivity index (χ1) is 14.7. The van der Waals surface area contributed by atoms with E-state index in [0.717, 1.165) is 6.26 Å². The molecule has 0 unspecified atom stereocenters. The van der Waals surface area contributed by atoms with Crippen molar-refractivity contribution in [1.29, 1.82) is 0 Å². The number of benzene rings is 3. The number of rotatable bonds is 6. The summed E-state index contributed by atoms with van der Waals surface area (Å²) < 4.78 is 29.2. The number of nitrogens with one attached hydrogen (secondary N) is 2. The predicted molar refractivity (Wildman–Crippen MR) is 120 cm³/mol. The first-order valence-corrected chi connectivity index (χ1v) is 11.4. The Bertz CT molecular complexity index is 1210. The second-order valence-corrected chi connectivity index (χ2v) is 8.99. The van der Waals surface area contributed by atoms with Crippen molar-refractivity contribution in [2.75, 3.05) is 23.5 Å². The van der Waals surface area contributed by atoms with Crippen LogP contribution in [0.4, 0.5) is 16.2 Å². The summed E-state index contributed by atoms with van der Waals surface area (Å²) in [5.41, 5.74) is 1.85. The molecule has 0 aromatic heterocycles. The summed E-state index contributed by atoms with van der Waals surface area (Å²) in [5.74, 6) is -0.574. The molecule has 0 saturated carbocycles. The Kier molecular flexibility index (Phi) is 6.94. The molecule has 3 aromatic carbocycles. The molecular weight excluding hydrogens is 440 g/mol. The zero-order chi connectivity index (χ0) is 22.4. The number of ether oxygens (including phenoxy) is 1. The molecule has 9 heteroatoms. The molecule has 31 heavy (non-hydrogen) atoms. The van der Waals surface area contributed by atoms with Gasteiger partial charge in [-0.25, -0.2) is 13.2 Å². The van der Waals surface area contributed by atoms with Crippen molar-refractivity contribution < 1.29 is 22.7 Å². The minimum absolute atomic E-state index is 0.148. The van der Waals surface area contributed by atoms with E-state index >= 15 is 0 Å². The molecule has 0 spiro atoms. The van der Waals surface area contributed by atoms with Gasteiger partial charge in [0.05, 0.1) is 4.90 Å². The maximum Gasteiger partial charge on any atom is 0.412 e. The zero-order valence-corrected chi connectivity index (χ0v) is 18.0. The lowest BCUT2D eigenvalue weighted by Gasteiger charge is -2.14. The highest BCUT2D eigenvalue weighted by atomic mass is 35.5. The van der Waals surface area contributed by atoms with Gasteiger partial charge in [-0.2, -0.15) is 0 Å². The van der Waals surface area contributed by atoms with E-state index < -0.39 is 28.4 Å². The lowest BCUT2D eigenvalue weighted by Crippen LogP contribution is -2.23. The van der Waals surface area contributed by atoms with Crippen LogP contribution in [0.1, 0.15) is 0 Å². The number of hydrogen-bond acceptors (Lipinski definition) is 5. The monoisotopic (exact) mass is 458 g/mol. The highest BCUT2D eigenvalue weighted by Gasteiger charge is 2.17. The minimum atomic E-state index is -3.48. The normalized spacial score (nSPS) is 10.9. The third kappa shape index (κ3) is 6.07. The van der Waals surface area contributed by atoms with Crippen LogP contribution in [0, 0.1) is 0 Å². The summed E-state index contributed by atoms with van der Waals surface area (Å²) in [4.78, 5) is 24.4. The molecule has 0 bridgehead atoms. The van der Waals surface area contributed by atoms with Gasteiger partial charge in [0.1, 0.15) is 0 Å². The molecule has 0 aliphatic rings. The van der Waals surface area contributed by atoms with Crippen molar-refractivity contribution in [3.05, 3.63) is 77.8 Å². The summed E-state index contributed by atoms with van der Waals surface area (Å²) in [7, 11) is -3.48. The fraction of sp³-hybridized carbons (Fsp3) is 0.0909. The summed E-state index contributed by atoms with van der Waals surface area (Å²) >= 11 is 5.79. The van der Waals surface area contributed by atoms with Crippen molar-refractivity contribution in [3.63, 3.8) is 0 Å². The number of amides is 2. The SMILES string of the molecule is CS(=O)(=O)c1ccccc1-c1ccccc1NC(=O)COC(=O)Nc1ccc(Cl)cc1. The fourth-order valence-electron chi connectivity index (χ4n) is 2.84. The molecule has 2 N–H and O–H groups in total. The Hall–Kier alpha value is -3.36. The molecule has 0 fully saturated rings. The van der Waals surface area contributed by atoms with Gasteiger partial charge in [-0.15, -0.1) is 0 Å². The highest BCUT2D eigenvalue weighted by molar-refractivity contribution is 7.90. The summed E-state index contributed by atoms with van der Waals surface area (Å²) in [6.07, 6.45) is 0.327. The van der Waals surface area contributed by atoms with E-state index in [1.165, 1.54) is 6.07 Å². The molecular formula is C22H19ClN2O5S. The number of halogens is 1. The van der Waals surface area contributed by atoms with E-state index in [1.807, 2.05) is 0 Å². The van der Waals surface area contributed by atoms with Crippen LogP contribution < -0.4 is 10.6 Å². The molecule has 3 rings (SSSR count). The fourth-order valence-corrected chi connectivity index (χ4v) is 3.87. The Balaban J connectivity index is 1.69. The lowest BCUT2D eigenvalue weighted by molar-refractivity contribution is -0.118. The van der Waals surface area contributed by atoms with Gasteiger partial charge in [-0.3, -0.25) is 10.1 Å². The molecule has 0 aliphatic heterocycles. The topological polar surface area (TPSA) is 102 Å². The van der Waals surface area contributed by atoms with E-state index in [9.17, 15) is 18.0 Å². The first kappa shape index (κ1) is 22.3. The maximum absolute atomic E-state index is 12.3. The van der Waals surface area contributed by atoms with E-state index in [1.54, 1.807) is 66.7 Å². The van der Waals surface area contributed by atoms with Crippen molar-refractivity contribution in [2.45, 2.75) is 4.90 Å². The van der Waals surface area contributed by atoms with Crippen LogP contribution in [0.5, 0.6) is 0 Å². The number of carbonyl (C=O) groups excluding carboxylic acids is 2. The van der Waals surface area contributed by atoms with Crippen molar-refractivity contribution in [1.82, 2.24) is 0 Å². The van der Waals surface area contributed by atoms with Crippen LogP contribution in [-0.2, 0) is 19.4 Å². The molecule has 0 saturated heterocycles. The minimum Gasteiger partial charge on any atom is -0.439 e. The molecule has 2 amide bonds. The number of para-hydroxylation sites is 1. The van der Waals surface area contributed by atoms with Gasteiger partial charge in [0.25, 0.3) is 5.91 Å². The third-order valence-corrected chi connectivity index (χ3v) is 5.61. The summed E-state index contributed by atoms with van der Waals surface area (Å²) in [6.45, 7) is -0.526. The number of hydrogen-bond donors (Lipinski definition) is 2. The molecule has 0 aliphatic carbocycles. The van der Waals surface area contributed by atoms with Gasteiger partial charge >= 0.3 is 6.09 Å². The van der Waals surface area contributed by atoms with E-state index in [-0.39, 0.29) is 4.90 Å². The number of sulfone groups is 1. The molecule has 3 aromatic rings. The van der Waals surface area contributed by atoms with Gasteiger partial charge in [0.15, 0.2) is 16.4 Å². The van der Waals surface area contributed by atoms with Crippen LogP contribution in [-0.4, -0.2) is 33.3 Å². The lowest BCUT2D eigenvalue weighted by atomic mass is 10.0. The van der Waals surface area contributed by atoms with Crippen LogP contribution in [0.2, 0.25) is 5.02 Å². The zero-order valence-electron chi connectivity index (χ0n) is 16.5. The number of anilines is 2. The average molecular weight is 459 g/mol. The van der Waals surface area contributed by atoms with E-state index in [0.29, 0.717) is 27.5 Å². The first-order valence-electron chi connectivity index (χ1n) is 9.12. The van der Waals surface area contributed by atoms with Crippen molar-refractivity contribution in [3.8, 4) is 11.1 Å². The predicted octanol–water partition coefficient (Wildman–Crippen LogP) is 4.60. The van der Waals surface area contributed by atoms with Crippen LogP contribution in [0.15, 0.2) is 77.7 Å². The Morgan fingerprint density at radius 1 is 0.871 bits per heavy atom. The van der Waals surface area contributed by atoms with E-state index in [4.69, 9.17) is 16.3 Å². The van der Waals surface area contributed by atoms with Crippen LogP contribution >= 0.6 is 11.6 Å². The van der Waals surface area contributed by atoms with Gasteiger partial charge in [-0.05, 0) is 36.4 Å². The Labute approximate surface area is 184 Å². The number of carbonyl (C=O) groups is 2. The second kappa shape index (κ2) is 9.63. The van der Waals surface area contributed by atoms with Gasteiger partial charge in [0, 0.05) is 33.8 Å². The highest BCUT2D eigenvalue weighted by Crippen LogP contribution is 2.32. The van der Waals surface area contributed by atoms with Crippen LogP contribution in [0.25, 0.3) is 11.1 Å². The Morgan fingerprint density at radius 3 is 2.16 bits per heavy atom. The Morgan fingerprint density at radius 2 is 1.48 bits per heavy atom. The quantitative estimate of drug-likeness (QED) is 0.562. The summed E-state index contributed by atoms with van der Waals surface area (Å²) in [6, 6.07) is 19.7. The van der Waals surface area contributed by atoms with Crippen molar-refractivity contribution in [2.24, 2.45) is 0 Å². The smallest absolute Gasteiger partial charge is 0.412 e. The molecule has 0 atom stereocenters. The van der Waals surface area contributed by atoms with Gasteiger partial charge < -0.3 is 10.1 Å². The standard InChI is InChI=1S/C22H19ClN2O5S/c1-31(28,29)20-9-5-3-7-18(20)17-6-2-4-8-19(17)25-21(26)14-30-22(27)24-16-12-10-15(23)11-13-16/h2-13H,14H2,1H3,(H,24,27)(H,25,26). The van der Waals surface area contributed by atoms with Gasteiger partial charge in [-0.1, -0.05) is 48.0 Å². The molecule has 160 valence electrons. The van der Waals surface area contributed by atoms with Crippen LogP contribution in [0.3, 0.4) is 0 Å². The largest absolute Gasteiger partial charge is 0.439 e. The third-order valence-electron chi connectivity index (χ3n) is 4.20. The van der Waals surface area contributed by atoms with Crippen molar-refractivity contribution >= 4 is 44.8 Å².